The van der Waals surface area contributed by atoms with Gasteiger partial charge in [0.25, 0.3) is 0 Å². The Labute approximate surface area is 99.8 Å². The molecule has 1 fully saturated rings. The van der Waals surface area contributed by atoms with E-state index in [4.69, 9.17) is 4.74 Å². The monoisotopic (exact) mass is 226 g/mol. The second kappa shape index (κ2) is 5.31. The average Bonchev–Trinajstić information content (AvgIpc) is 2.16. The lowest BCUT2D eigenvalue weighted by atomic mass is 9.75. The van der Waals surface area contributed by atoms with Crippen molar-refractivity contribution in [3.63, 3.8) is 0 Å². The number of ketones is 1. The molecule has 1 aliphatic carbocycles. The Morgan fingerprint density at radius 2 is 1.94 bits per heavy atom. The van der Waals surface area contributed by atoms with E-state index in [-0.39, 0.29) is 17.4 Å². The second-order valence-corrected chi connectivity index (χ2v) is 6.35. The van der Waals surface area contributed by atoms with Crippen LogP contribution in [0.4, 0.5) is 0 Å². The van der Waals surface area contributed by atoms with Gasteiger partial charge in [-0.2, -0.15) is 0 Å². The van der Waals surface area contributed by atoms with Crippen molar-refractivity contribution in [1.82, 2.24) is 0 Å². The Kier molecular flexibility index (Phi) is 4.54. The zero-order chi connectivity index (χ0) is 12.3. The third kappa shape index (κ3) is 3.31. The molecule has 0 aromatic heterocycles. The van der Waals surface area contributed by atoms with Crippen LogP contribution in [0.2, 0.25) is 0 Å². The molecule has 3 unspecified atom stereocenters. The van der Waals surface area contributed by atoms with Gasteiger partial charge in [0.2, 0.25) is 0 Å². The molecule has 0 N–H and O–H groups in total. The van der Waals surface area contributed by atoms with Crippen LogP contribution >= 0.6 is 0 Å². The summed E-state index contributed by atoms with van der Waals surface area (Å²) in [6, 6.07) is 0. The summed E-state index contributed by atoms with van der Waals surface area (Å²) in [6.07, 6.45) is 4.32. The maximum absolute atomic E-state index is 12.4. The number of hydrogen-bond donors (Lipinski definition) is 0. The SMILES string of the molecule is COC(C(=O)C1CCCC(C)C1)C(C)(C)C. The fraction of sp³-hybridized carbons (Fsp3) is 0.929. The van der Waals surface area contributed by atoms with Crippen molar-refractivity contribution in [1.29, 1.82) is 0 Å². The summed E-state index contributed by atoms with van der Waals surface area (Å²) in [5, 5.41) is 0. The first kappa shape index (κ1) is 13.7. The summed E-state index contributed by atoms with van der Waals surface area (Å²) in [4.78, 5) is 12.4. The van der Waals surface area contributed by atoms with E-state index in [1.165, 1.54) is 12.8 Å². The Morgan fingerprint density at radius 1 is 1.31 bits per heavy atom. The van der Waals surface area contributed by atoms with E-state index in [1.54, 1.807) is 7.11 Å². The van der Waals surface area contributed by atoms with Gasteiger partial charge in [0.1, 0.15) is 6.10 Å². The van der Waals surface area contributed by atoms with Crippen LogP contribution in [0.15, 0.2) is 0 Å². The lowest BCUT2D eigenvalue weighted by Crippen LogP contribution is -2.41. The molecule has 0 bridgehead atoms. The van der Waals surface area contributed by atoms with Gasteiger partial charge in [-0.1, -0.05) is 40.5 Å². The summed E-state index contributed by atoms with van der Waals surface area (Å²) >= 11 is 0. The van der Waals surface area contributed by atoms with Gasteiger partial charge in [-0.15, -0.1) is 0 Å². The van der Waals surface area contributed by atoms with Crippen LogP contribution in [0.1, 0.15) is 53.4 Å². The highest BCUT2D eigenvalue weighted by Crippen LogP contribution is 2.33. The molecule has 16 heavy (non-hydrogen) atoms. The highest BCUT2D eigenvalue weighted by molar-refractivity contribution is 5.86. The maximum Gasteiger partial charge on any atom is 0.165 e. The van der Waals surface area contributed by atoms with E-state index in [1.807, 2.05) is 0 Å². The third-order valence-electron chi connectivity index (χ3n) is 3.62. The van der Waals surface area contributed by atoms with Gasteiger partial charge in [-0.3, -0.25) is 4.79 Å². The molecular formula is C14H26O2. The fourth-order valence-electron chi connectivity index (χ4n) is 2.80. The van der Waals surface area contributed by atoms with Crippen LogP contribution in [-0.2, 0) is 9.53 Å². The van der Waals surface area contributed by atoms with E-state index in [0.717, 1.165) is 12.8 Å². The topological polar surface area (TPSA) is 26.3 Å². The summed E-state index contributed by atoms with van der Waals surface area (Å²) < 4.78 is 5.42. The van der Waals surface area contributed by atoms with E-state index >= 15 is 0 Å². The quantitative estimate of drug-likeness (QED) is 0.737. The Balaban J connectivity index is 2.68. The van der Waals surface area contributed by atoms with E-state index in [2.05, 4.69) is 27.7 Å². The number of carbonyl (C=O) groups is 1. The average molecular weight is 226 g/mol. The number of rotatable bonds is 3. The number of carbonyl (C=O) groups excluding carboxylic acids is 1. The highest BCUT2D eigenvalue weighted by Gasteiger charge is 2.36. The van der Waals surface area contributed by atoms with E-state index in [0.29, 0.717) is 11.7 Å². The summed E-state index contributed by atoms with van der Waals surface area (Å²) in [5.74, 6) is 1.25. The Hall–Kier alpha value is -0.370. The minimum absolute atomic E-state index is 0.0908. The number of methoxy groups -OCH3 is 1. The summed E-state index contributed by atoms with van der Waals surface area (Å²) in [7, 11) is 1.65. The molecule has 0 radical (unpaired) electrons. The molecule has 1 rings (SSSR count). The van der Waals surface area contributed by atoms with Crippen LogP contribution < -0.4 is 0 Å². The zero-order valence-electron chi connectivity index (χ0n) is 11.4. The number of ether oxygens (including phenoxy) is 1. The van der Waals surface area contributed by atoms with Crippen molar-refractivity contribution >= 4 is 5.78 Å². The molecule has 0 saturated heterocycles. The largest absolute Gasteiger partial charge is 0.373 e. The van der Waals surface area contributed by atoms with Crippen molar-refractivity contribution in [2.75, 3.05) is 7.11 Å². The molecule has 0 heterocycles. The van der Waals surface area contributed by atoms with Crippen LogP contribution in [0.25, 0.3) is 0 Å². The molecule has 0 aliphatic heterocycles. The lowest BCUT2D eigenvalue weighted by Gasteiger charge is -2.33. The number of Topliss-reactive ketones (excluding diaryl/α,β-unsaturated/α-hetero) is 1. The normalized spacial score (nSPS) is 28.8. The van der Waals surface area contributed by atoms with Gasteiger partial charge in [0.05, 0.1) is 0 Å². The summed E-state index contributed by atoms with van der Waals surface area (Å²) in [5.41, 5.74) is -0.0908. The van der Waals surface area contributed by atoms with Crippen LogP contribution in [0, 0.1) is 17.3 Å². The minimum atomic E-state index is -0.247. The first-order valence-corrected chi connectivity index (χ1v) is 6.42. The van der Waals surface area contributed by atoms with Gasteiger partial charge < -0.3 is 4.74 Å². The van der Waals surface area contributed by atoms with Crippen LogP contribution in [-0.4, -0.2) is 19.0 Å². The smallest absolute Gasteiger partial charge is 0.165 e. The van der Waals surface area contributed by atoms with Gasteiger partial charge in [0.15, 0.2) is 5.78 Å². The van der Waals surface area contributed by atoms with Crippen molar-refractivity contribution < 1.29 is 9.53 Å². The molecule has 2 nitrogen and oxygen atoms in total. The Bertz CT molecular complexity index is 240. The molecule has 94 valence electrons. The molecule has 0 spiro atoms. The van der Waals surface area contributed by atoms with Crippen molar-refractivity contribution in [3.8, 4) is 0 Å². The van der Waals surface area contributed by atoms with E-state index in [9.17, 15) is 4.79 Å². The number of hydrogen-bond acceptors (Lipinski definition) is 2. The predicted molar refractivity (Wildman–Crippen MR) is 66.4 cm³/mol. The second-order valence-electron chi connectivity index (χ2n) is 6.35. The highest BCUT2D eigenvalue weighted by atomic mass is 16.5. The molecule has 0 aromatic carbocycles. The molecular weight excluding hydrogens is 200 g/mol. The molecule has 0 aromatic rings. The first-order valence-electron chi connectivity index (χ1n) is 6.42. The van der Waals surface area contributed by atoms with Gasteiger partial charge in [0, 0.05) is 13.0 Å². The van der Waals surface area contributed by atoms with Crippen LogP contribution in [0.5, 0.6) is 0 Å². The van der Waals surface area contributed by atoms with Crippen molar-refractivity contribution in [3.05, 3.63) is 0 Å². The molecule has 1 saturated carbocycles. The van der Waals surface area contributed by atoms with Crippen molar-refractivity contribution in [2.45, 2.75) is 59.5 Å². The Morgan fingerprint density at radius 3 is 2.38 bits per heavy atom. The lowest BCUT2D eigenvalue weighted by molar-refractivity contribution is -0.140. The minimum Gasteiger partial charge on any atom is -0.373 e. The third-order valence-corrected chi connectivity index (χ3v) is 3.62. The standard InChI is InChI=1S/C14H26O2/c1-10-7-6-8-11(9-10)12(15)13(16-5)14(2,3)4/h10-11,13H,6-9H2,1-5H3. The first-order chi connectivity index (χ1) is 7.36. The van der Waals surface area contributed by atoms with E-state index < -0.39 is 0 Å². The molecule has 2 heteroatoms. The summed E-state index contributed by atoms with van der Waals surface area (Å²) in [6.45, 7) is 8.47. The van der Waals surface area contributed by atoms with Crippen LogP contribution in [0.3, 0.4) is 0 Å². The zero-order valence-corrected chi connectivity index (χ0v) is 11.4. The van der Waals surface area contributed by atoms with Gasteiger partial charge >= 0.3 is 0 Å². The van der Waals surface area contributed by atoms with Crippen molar-refractivity contribution in [2.24, 2.45) is 17.3 Å². The predicted octanol–water partition coefficient (Wildman–Crippen LogP) is 3.44. The fourth-order valence-corrected chi connectivity index (χ4v) is 2.80. The molecule has 0 amide bonds. The molecule has 1 aliphatic rings. The maximum atomic E-state index is 12.4. The van der Waals surface area contributed by atoms with Gasteiger partial charge in [-0.25, -0.2) is 0 Å². The van der Waals surface area contributed by atoms with Gasteiger partial charge in [-0.05, 0) is 24.2 Å². The molecule has 3 atom stereocenters.